The number of ether oxygens (including phenoxy) is 6. The molecule has 6 aromatic rings. The summed E-state index contributed by atoms with van der Waals surface area (Å²) in [6.07, 6.45) is 19.6. The van der Waals surface area contributed by atoms with E-state index >= 15 is 0 Å². The Bertz CT molecular complexity index is 4690. The van der Waals surface area contributed by atoms with Crippen LogP contribution in [-0.2, 0) is 51.6 Å². The predicted molar refractivity (Wildman–Crippen MR) is 503 cm³/mol. The second kappa shape index (κ2) is 46.2. The first kappa shape index (κ1) is 108. The average molecular weight is 1730 g/mol. The van der Waals surface area contributed by atoms with E-state index in [0.29, 0.717) is 53.6 Å². The lowest BCUT2D eigenvalue weighted by molar-refractivity contribution is -0.145. The number of unbranched alkanes of at least 4 members (excludes halogenated alkanes) is 2. The van der Waals surface area contributed by atoms with E-state index in [-0.39, 0.29) is 66.4 Å². The second-order valence-corrected chi connectivity index (χ2v) is 39.6. The van der Waals surface area contributed by atoms with Crippen molar-refractivity contribution in [2.75, 3.05) is 47.8 Å². The molecule has 5 aliphatic rings. The minimum Gasteiger partial charge on any atom is -0.508 e. The number of aliphatic carboxylic acids is 1. The Hall–Kier alpha value is -9.58. The van der Waals surface area contributed by atoms with Gasteiger partial charge in [0.2, 0.25) is 0 Å². The minimum atomic E-state index is -0.693. The maximum absolute atomic E-state index is 12.0. The third-order valence-corrected chi connectivity index (χ3v) is 24.5. The Morgan fingerprint density at radius 3 is 1.28 bits per heavy atom. The maximum atomic E-state index is 12.0. The van der Waals surface area contributed by atoms with Crippen LogP contribution in [0.1, 0.15) is 302 Å². The zero-order valence-corrected chi connectivity index (χ0v) is 80.7. The van der Waals surface area contributed by atoms with Gasteiger partial charge in [0.15, 0.2) is 0 Å². The van der Waals surface area contributed by atoms with Crippen LogP contribution >= 0.6 is 0 Å². The van der Waals surface area contributed by atoms with Crippen LogP contribution in [-0.4, -0.2) is 129 Å². The number of carboxylic acids is 1. The third-order valence-electron chi connectivity index (χ3n) is 24.5. The molecule has 690 valence electrons. The molecule has 9 N–H and O–H groups in total. The van der Waals surface area contributed by atoms with Crippen LogP contribution in [0.2, 0.25) is 0 Å². The highest BCUT2D eigenvalue weighted by Gasteiger charge is 2.48. The number of allylic oxidation sites excluding steroid dienone is 6. The molecular weight excluding hydrogens is 1580 g/mol. The van der Waals surface area contributed by atoms with Crippen LogP contribution in [0, 0.1) is 49.9 Å². The van der Waals surface area contributed by atoms with Crippen molar-refractivity contribution in [3.05, 3.63) is 206 Å². The van der Waals surface area contributed by atoms with Crippen molar-refractivity contribution in [3.8, 4) is 57.8 Å². The van der Waals surface area contributed by atoms with Gasteiger partial charge in [-0.3, -0.25) is 9.59 Å². The van der Waals surface area contributed by atoms with Gasteiger partial charge in [0.25, 0.3) is 0 Å². The number of nitrogens with zero attached hydrogens (tertiary/aromatic N) is 1. The van der Waals surface area contributed by atoms with Crippen LogP contribution in [0.4, 0.5) is 0 Å². The maximum Gasteiger partial charge on any atom is 0.305 e. The summed E-state index contributed by atoms with van der Waals surface area (Å²) in [4.78, 5) is 32.6. The normalized spacial score (nSPS) is 18.8. The molecule has 0 saturated heterocycles. The number of methoxy groups -OCH3 is 3. The SMILES string of the molecule is C=C(C)[C@H]1C=C[C@@](C)(O)CC1.CC(C)(CO)c1cc(O)cc(O)c1.CC1=CC[C@@H]2[C@@H](C1)c1c(O)cc(C(C)(C)CO)cc1OC2(C)C.CCCCC(=O)O.CCCCC(=O)OCC(C)(C)c1cc(O)c2c(c1)OC(C)(C)[C@@H]1CC=C(C)C[C@@H]21.COc1cc(C)cc(C(C)(C)C#N)c1.COc1cc(C)cc(C(C)(C)C=O)c1.COc1cc(C)cc(C(C)(C)CO)c1. The van der Waals surface area contributed by atoms with E-state index < -0.39 is 38.6 Å². The second-order valence-electron chi connectivity index (χ2n) is 39.6. The Kier molecular flexibility index (Phi) is 39.9. The standard InChI is InChI=1S/C25H36O4.C20H28O3.C12H15NO.C12H18O2.C12H16O2.C10H14O3.C10H16O.C5H10O2/c1-7-8-9-22(27)28-15-24(3,4)17-13-20(26)23-18-12-16(2)10-11-19(18)25(5,6)29-21(23)14-17;1-12-6-7-15-14(8-12)18-16(22)9-13(19(2,3)11-21)10-17(18)23-20(15,4)5;3*1-9-5-10(12(2,3)8-13)7-11(6-9)14-4;1-10(2,6-11)7-3-8(12)5-9(13)4-7;1-8(2)9-4-6-10(3,11)7-5-9;1-2-3-4-5(6)7/h10,13-14,18-19,26H,7-9,11-12,15H2,1-6H3;6,9-10,14-15,21-22H,7-8,11H2,1-5H3;5-7H,1-4H3;5-7,13H,8H2,1-4H3;5-8H,1-4H3;3-5,11-13H,6H2,1-2H3;4,6,9,11H,1,5,7H2,2-3H3;2-4H2,1H3,(H,6,7)/t18-,19-;14-,15-;;;;;9-,10+;/m11....0./s1. The van der Waals surface area contributed by atoms with E-state index in [1.807, 2.05) is 197 Å². The largest absolute Gasteiger partial charge is 0.508 e. The number of esters is 1. The Labute approximate surface area is 748 Å². The number of aryl methyl sites for hydroxylation is 3. The van der Waals surface area contributed by atoms with E-state index in [1.54, 1.807) is 27.4 Å². The summed E-state index contributed by atoms with van der Waals surface area (Å²) in [5.74, 6) is 5.55. The van der Waals surface area contributed by atoms with Crippen molar-refractivity contribution in [3.63, 3.8) is 0 Å². The molecule has 0 radical (unpaired) electrons. The van der Waals surface area contributed by atoms with Gasteiger partial charge in [0, 0.05) is 80.8 Å². The van der Waals surface area contributed by atoms with Crippen LogP contribution in [0.15, 0.2) is 145 Å². The number of rotatable bonds is 22. The van der Waals surface area contributed by atoms with Crippen molar-refractivity contribution < 1.29 is 88.8 Å². The number of aliphatic hydroxyl groups is 4. The summed E-state index contributed by atoms with van der Waals surface area (Å²) < 4.78 is 33.8. The number of nitriles is 1. The Balaban J connectivity index is 0.000000310. The molecule has 6 atom stereocenters. The number of carbonyl (C=O) groups excluding carboxylic acids is 2. The molecule has 0 bridgehead atoms. The van der Waals surface area contributed by atoms with Crippen LogP contribution in [0.25, 0.3) is 0 Å². The fraction of sp³-hybridized carbons (Fsp3) is 0.547. The molecule has 6 aromatic carbocycles. The van der Waals surface area contributed by atoms with Gasteiger partial charge in [0.05, 0.1) is 58.2 Å². The number of hydrogen-bond acceptors (Lipinski definition) is 18. The molecule has 2 heterocycles. The number of carboxylic acid groups (broad SMARTS) is 1. The molecule has 0 amide bonds. The molecule has 0 fully saturated rings. The van der Waals surface area contributed by atoms with Crippen LogP contribution < -0.4 is 23.7 Å². The predicted octanol–water partition coefficient (Wildman–Crippen LogP) is 22.8. The molecule has 0 saturated carbocycles. The molecule has 0 spiro atoms. The molecule has 19 nitrogen and oxygen atoms in total. The van der Waals surface area contributed by atoms with Crippen molar-refractivity contribution in [1.29, 1.82) is 5.26 Å². The average Bonchev–Trinajstić information content (AvgIpc) is 0.741. The van der Waals surface area contributed by atoms with Gasteiger partial charge in [-0.2, -0.15) is 5.26 Å². The van der Waals surface area contributed by atoms with Crippen molar-refractivity contribution in [2.24, 2.45) is 17.8 Å². The lowest BCUT2D eigenvalue weighted by atomic mass is 9.67. The van der Waals surface area contributed by atoms with Gasteiger partial charge >= 0.3 is 11.9 Å². The smallest absolute Gasteiger partial charge is 0.305 e. The van der Waals surface area contributed by atoms with Crippen molar-refractivity contribution in [1.82, 2.24) is 0 Å². The number of carbonyl (C=O) groups is 3. The number of phenolic OH excluding ortho intramolecular Hbond substituents is 4. The number of aromatic hydroxyl groups is 4. The fourth-order valence-corrected chi connectivity index (χ4v) is 15.5. The van der Waals surface area contributed by atoms with E-state index in [0.717, 1.165) is 155 Å². The van der Waals surface area contributed by atoms with E-state index in [4.69, 9.17) is 43.9 Å². The number of benzene rings is 6. The summed E-state index contributed by atoms with van der Waals surface area (Å²) in [7, 11) is 4.93. The molecule has 19 heteroatoms. The highest BCUT2D eigenvalue weighted by atomic mass is 16.5. The molecular formula is C106H153NO18. The zero-order valence-electron chi connectivity index (χ0n) is 80.7. The monoisotopic (exact) mass is 1730 g/mol. The summed E-state index contributed by atoms with van der Waals surface area (Å²) >= 11 is 0. The van der Waals surface area contributed by atoms with Crippen molar-refractivity contribution >= 4 is 18.2 Å². The first-order valence-corrected chi connectivity index (χ1v) is 44.0. The molecule has 0 aromatic heterocycles. The van der Waals surface area contributed by atoms with Crippen molar-refractivity contribution in [2.45, 2.75) is 311 Å². The lowest BCUT2D eigenvalue weighted by Crippen LogP contribution is -2.45. The number of phenols is 4. The molecule has 0 unspecified atom stereocenters. The van der Waals surface area contributed by atoms with Crippen LogP contribution in [0.3, 0.4) is 0 Å². The molecule has 3 aliphatic carbocycles. The van der Waals surface area contributed by atoms with Gasteiger partial charge in [0.1, 0.15) is 75.8 Å². The minimum absolute atomic E-state index is 0.0107. The summed E-state index contributed by atoms with van der Waals surface area (Å²) in [6.45, 7) is 54.5. The number of fused-ring (bicyclic) bond motifs is 6. The van der Waals surface area contributed by atoms with Gasteiger partial charge in [-0.15, -0.1) is 0 Å². The Morgan fingerprint density at radius 1 is 0.544 bits per heavy atom. The summed E-state index contributed by atoms with van der Waals surface area (Å²) in [6, 6.07) is 32.1. The first-order chi connectivity index (χ1) is 57.9. The quantitative estimate of drug-likeness (QED) is 0.0173. The first-order valence-electron chi connectivity index (χ1n) is 44.0. The Morgan fingerprint density at radius 2 is 0.920 bits per heavy atom. The number of aldehydes is 1. The van der Waals surface area contributed by atoms with E-state index in [1.165, 1.54) is 34.9 Å². The van der Waals surface area contributed by atoms with Gasteiger partial charge in [-0.25, -0.2) is 0 Å². The summed E-state index contributed by atoms with van der Waals surface area (Å²) in [5.41, 5.74) is 11.3. The van der Waals surface area contributed by atoms with Crippen LogP contribution in [0.5, 0.6) is 51.7 Å². The van der Waals surface area contributed by atoms with E-state index in [9.17, 15) is 50.1 Å². The lowest BCUT2D eigenvalue weighted by Gasteiger charge is -2.47. The fourth-order valence-electron chi connectivity index (χ4n) is 15.5. The summed E-state index contributed by atoms with van der Waals surface area (Å²) in [5, 5.41) is 94.7. The molecule has 125 heavy (non-hydrogen) atoms. The highest BCUT2D eigenvalue weighted by molar-refractivity contribution is 5.70. The topological polar surface area (TPSA) is 312 Å². The zero-order chi connectivity index (χ0) is 94.9. The number of hydrogen-bond donors (Lipinski definition) is 9. The molecule has 2 aliphatic heterocycles. The number of aliphatic hydroxyl groups excluding tert-OH is 3. The molecule has 11 rings (SSSR count). The van der Waals surface area contributed by atoms with E-state index in [2.05, 4.69) is 85.4 Å². The highest BCUT2D eigenvalue weighted by Crippen LogP contribution is 2.57. The van der Waals surface area contributed by atoms with Gasteiger partial charge < -0.3 is 79.2 Å². The van der Waals surface area contributed by atoms with Gasteiger partial charge in [-0.1, -0.05) is 148 Å². The van der Waals surface area contributed by atoms with Gasteiger partial charge in [-0.05, 0) is 284 Å². The third kappa shape index (κ3) is 31.7.